The molecule has 1 nitrogen and oxygen atoms in total. The molecule has 3 rings (SSSR count). The second-order valence-corrected chi connectivity index (χ2v) is 13.7. The SMILES string of the molecule is CSCCC(C)(C)CCC(C)(C)Cc1c[nH]c2ccc(-c3cccc(CC(C)(C)C)c3)cc12. The molecule has 2 aromatic carbocycles. The molecule has 0 atom stereocenters. The van der Waals surface area contributed by atoms with E-state index in [1.807, 2.05) is 11.8 Å². The lowest BCUT2D eigenvalue weighted by Gasteiger charge is -2.31. The molecular formula is C31H45NS. The summed E-state index contributed by atoms with van der Waals surface area (Å²) in [6, 6.07) is 16.0. The number of nitrogens with one attached hydrogen (secondary N) is 1. The first-order chi connectivity index (χ1) is 15.4. The molecule has 0 saturated heterocycles. The summed E-state index contributed by atoms with van der Waals surface area (Å²) in [5, 5.41) is 1.38. The van der Waals surface area contributed by atoms with Crippen LogP contribution in [0.5, 0.6) is 0 Å². The van der Waals surface area contributed by atoms with Gasteiger partial charge in [-0.1, -0.05) is 78.8 Å². The topological polar surface area (TPSA) is 15.8 Å². The van der Waals surface area contributed by atoms with Crippen molar-refractivity contribution in [3.63, 3.8) is 0 Å². The fraction of sp³-hybridized carbons (Fsp3) is 0.548. The van der Waals surface area contributed by atoms with Gasteiger partial charge in [0.25, 0.3) is 0 Å². The van der Waals surface area contributed by atoms with E-state index in [0.29, 0.717) is 10.8 Å². The smallest absolute Gasteiger partial charge is 0.0457 e. The summed E-state index contributed by atoms with van der Waals surface area (Å²) in [6.07, 6.45) is 10.5. The highest BCUT2D eigenvalue weighted by Crippen LogP contribution is 2.38. The number of hydrogen-bond donors (Lipinski definition) is 1. The molecule has 1 aromatic heterocycles. The third kappa shape index (κ3) is 7.67. The highest BCUT2D eigenvalue weighted by atomic mass is 32.2. The zero-order chi connectivity index (χ0) is 24.3. The Balaban J connectivity index is 1.79. The minimum Gasteiger partial charge on any atom is -0.361 e. The molecule has 0 aliphatic heterocycles. The Bertz CT molecular complexity index is 1050. The van der Waals surface area contributed by atoms with Crippen molar-refractivity contribution in [3.8, 4) is 11.1 Å². The minimum atomic E-state index is 0.286. The van der Waals surface area contributed by atoms with E-state index in [2.05, 4.69) is 108 Å². The maximum atomic E-state index is 3.53. The van der Waals surface area contributed by atoms with Crippen molar-refractivity contribution >= 4 is 22.7 Å². The van der Waals surface area contributed by atoms with Gasteiger partial charge in [0.2, 0.25) is 0 Å². The largest absolute Gasteiger partial charge is 0.361 e. The van der Waals surface area contributed by atoms with Crippen LogP contribution >= 0.6 is 11.8 Å². The van der Waals surface area contributed by atoms with E-state index in [4.69, 9.17) is 0 Å². The number of aromatic amines is 1. The molecule has 33 heavy (non-hydrogen) atoms. The molecule has 0 spiro atoms. The summed E-state index contributed by atoms with van der Waals surface area (Å²) in [7, 11) is 0. The molecule has 2 heteroatoms. The predicted molar refractivity (Wildman–Crippen MR) is 150 cm³/mol. The minimum absolute atomic E-state index is 0.286. The van der Waals surface area contributed by atoms with E-state index < -0.39 is 0 Å². The van der Waals surface area contributed by atoms with Crippen molar-refractivity contribution in [2.75, 3.05) is 12.0 Å². The second kappa shape index (κ2) is 10.3. The Kier molecular flexibility index (Phi) is 8.10. The van der Waals surface area contributed by atoms with E-state index >= 15 is 0 Å². The molecule has 180 valence electrons. The standard InChI is InChI=1S/C31H45NS/c1-29(2,3)20-23-10-9-11-24(18-23)25-12-13-28-27(19-25)26(22-32-28)21-31(6,7)15-14-30(4,5)16-17-33-8/h9-13,18-19,22,32H,14-17,20-21H2,1-8H3. The molecule has 0 saturated carbocycles. The zero-order valence-corrected chi connectivity index (χ0v) is 23.1. The molecule has 0 aliphatic rings. The van der Waals surface area contributed by atoms with E-state index in [1.54, 1.807) is 0 Å². The first-order valence-corrected chi connectivity index (χ1v) is 14.0. The summed E-state index contributed by atoms with van der Waals surface area (Å²) in [6.45, 7) is 16.7. The van der Waals surface area contributed by atoms with Crippen molar-refractivity contribution in [2.45, 2.75) is 80.6 Å². The van der Waals surface area contributed by atoms with Crippen LogP contribution in [0.15, 0.2) is 48.7 Å². The molecular weight excluding hydrogens is 418 g/mol. The van der Waals surface area contributed by atoms with Crippen LogP contribution in [-0.4, -0.2) is 17.0 Å². The van der Waals surface area contributed by atoms with Crippen LogP contribution in [0.1, 0.15) is 78.9 Å². The summed E-state index contributed by atoms with van der Waals surface area (Å²) >= 11 is 1.97. The number of thioether (sulfide) groups is 1. The number of aromatic nitrogens is 1. The van der Waals surface area contributed by atoms with Gasteiger partial charge in [0.15, 0.2) is 0 Å². The quantitative estimate of drug-likeness (QED) is 0.316. The fourth-order valence-corrected chi connectivity index (χ4v) is 5.52. The third-order valence-electron chi connectivity index (χ3n) is 6.89. The monoisotopic (exact) mass is 463 g/mol. The van der Waals surface area contributed by atoms with Crippen molar-refractivity contribution in [2.24, 2.45) is 16.2 Å². The van der Waals surface area contributed by atoms with Crippen LogP contribution in [0.4, 0.5) is 0 Å². The molecule has 0 radical (unpaired) electrons. The molecule has 3 aromatic rings. The second-order valence-electron chi connectivity index (χ2n) is 12.8. The van der Waals surface area contributed by atoms with Crippen LogP contribution in [-0.2, 0) is 12.8 Å². The lowest BCUT2D eigenvalue weighted by molar-refractivity contribution is 0.234. The summed E-state index contributed by atoms with van der Waals surface area (Å²) in [4.78, 5) is 3.53. The zero-order valence-electron chi connectivity index (χ0n) is 22.3. The molecule has 0 bridgehead atoms. The predicted octanol–water partition coefficient (Wildman–Crippen LogP) is 9.55. The molecule has 0 aliphatic carbocycles. The lowest BCUT2D eigenvalue weighted by atomic mass is 9.75. The average Bonchev–Trinajstić information content (AvgIpc) is 3.11. The Morgan fingerprint density at radius 3 is 2.15 bits per heavy atom. The molecule has 0 fully saturated rings. The normalized spacial score (nSPS) is 13.1. The van der Waals surface area contributed by atoms with Crippen LogP contribution in [0, 0.1) is 16.2 Å². The van der Waals surface area contributed by atoms with E-state index in [9.17, 15) is 0 Å². The molecule has 1 heterocycles. The van der Waals surface area contributed by atoms with Crippen molar-refractivity contribution in [3.05, 3.63) is 59.8 Å². The number of fused-ring (bicyclic) bond motifs is 1. The van der Waals surface area contributed by atoms with Crippen LogP contribution in [0.25, 0.3) is 22.0 Å². The van der Waals surface area contributed by atoms with Gasteiger partial charge in [-0.05, 0) is 94.7 Å². The Labute approximate surface area is 207 Å². The van der Waals surface area contributed by atoms with Crippen molar-refractivity contribution in [1.29, 1.82) is 0 Å². The Morgan fingerprint density at radius 2 is 1.45 bits per heavy atom. The summed E-state index contributed by atoms with van der Waals surface area (Å²) < 4.78 is 0. The fourth-order valence-electron chi connectivity index (χ4n) is 4.76. The van der Waals surface area contributed by atoms with E-state index in [-0.39, 0.29) is 5.41 Å². The van der Waals surface area contributed by atoms with Gasteiger partial charge in [0.1, 0.15) is 0 Å². The van der Waals surface area contributed by atoms with Gasteiger partial charge < -0.3 is 4.98 Å². The number of rotatable bonds is 10. The summed E-state index contributed by atoms with van der Waals surface area (Å²) in [5.41, 5.74) is 7.75. The van der Waals surface area contributed by atoms with Gasteiger partial charge >= 0.3 is 0 Å². The van der Waals surface area contributed by atoms with Gasteiger partial charge in [-0.15, -0.1) is 0 Å². The lowest BCUT2D eigenvalue weighted by Crippen LogP contribution is -2.20. The van der Waals surface area contributed by atoms with Crippen molar-refractivity contribution in [1.82, 2.24) is 4.98 Å². The molecule has 1 N–H and O–H groups in total. The number of H-pyrrole nitrogens is 1. The highest BCUT2D eigenvalue weighted by molar-refractivity contribution is 7.98. The van der Waals surface area contributed by atoms with Crippen LogP contribution < -0.4 is 0 Å². The van der Waals surface area contributed by atoms with Gasteiger partial charge in [0.05, 0.1) is 0 Å². The van der Waals surface area contributed by atoms with E-state index in [1.165, 1.54) is 58.2 Å². The maximum absolute atomic E-state index is 3.53. The van der Waals surface area contributed by atoms with E-state index in [0.717, 1.165) is 12.8 Å². The first kappa shape index (κ1) is 25.9. The Morgan fingerprint density at radius 1 is 0.758 bits per heavy atom. The number of hydrogen-bond acceptors (Lipinski definition) is 1. The average molecular weight is 464 g/mol. The van der Waals surface area contributed by atoms with Gasteiger partial charge in [0, 0.05) is 17.1 Å². The van der Waals surface area contributed by atoms with Gasteiger partial charge in [-0.3, -0.25) is 0 Å². The highest BCUT2D eigenvalue weighted by Gasteiger charge is 2.25. The molecule has 0 amide bonds. The Hall–Kier alpha value is -1.67. The maximum Gasteiger partial charge on any atom is 0.0457 e. The summed E-state index contributed by atoms with van der Waals surface area (Å²) in [5.74, 6) is 1.26. The third-order valence-corrected chi connectivity index (χ3v) is 7.51. The molecule has 0 unspecified atom stereocenters. The van der Waals surface area contributed by atoms with Gasteiger partial charge in [-0.2, -0.15) is 11.8 Å². The van der Waals surface area contributed by atoms with Gasteiger partial charge in [-0.25, -0.2) is 0 Å². The number of benzene rings is 2. The van der Waals surface area contributed by atoms with Crippen LogP contribution in [0.2, 0.25) is 0 Å². The van der Waals surface area contributed by atoms with Crippen molar-refractivity contribution < 1.29 is 0 Å². The van der Waals surface area contributed by atoms with Crippen LogP contribution in [0.3, 0.4) is 0 Å². The first-order valence-electron chi connectivity index (χ1n) is 12.6.